The normalized spacial score (nSPS) is 28.6. The Balaban J connectivity index is 1.46. The van der Waals surface area contributed by atoms with E-state index in [0.717, 1.165) is 18.7 Å². The van der Waals surface area contributed by atoms with Gasteiger partial charge in [0.05, 0.1) is 49.8 Å². The first kappa shape index (κ1) is 38.1. The second kappa shape index (κ2) is 16.9. The van der Waals surface area contributed by atoms with E-state index < -0.39 is 53.5 Å². The van der Waals surface area contributed by atoms with Gasteiger partial charge in [-0.3, -0.25) is 24.1 Å². The lowest BCUT2D eigenvalue weighted by Gasteiger charge is -2.41. The molecular formula is C37H51BrN4O8. The Morgan fingerprint density at radius 3 is 2.54 bits per heavy atom. The number of allylic oxidation sites excluding steroid dienone is 1. The zero-order valence-corrected chi connectivity index (χ0v) is 30.7. The van der Waals surface area contributed by atoms with Crippen LogP contribution in [0.5, 0.6) is 0 Å². The zero-order chi connectivity index (χ0) is 36.0. The zero-order valence-electron chi connectivity index (χ0n) is 29.1. The number of aliphatic hydroxyl groups is 1. The smallest absolute Gasteiger partial charge is 0.306 e. The number of nitrogens with one attached hydrogen (secondary N) is 1. The summed E-state index contributed by atoms with van der Waals surface area (Å²) < 4.78 is 17.8. The van der Waals surface area contributed by atoms with Crippen LogP contribution in [-0.4, -0.2) is 131 Å². The number of benzene rings is 1. The molecule has 4 fully saturated rings. The van der Waals surface area contributed by atoms with Crippen LogP contribution in [0.1, 0.15) is 44.7 Å². The first-order chi connectivity index (χ1) is 24.1. The highest BCUT2D eigenvalue weighted by Gasteiger charge is 2.77. The fourth-order valence-electron chi connectivity index (χ4n) is 7.97. The highest BCUT2D eigenvalue weighted by Crippen LogP contribution is 2.60. The summed E-state index contributed by atoms with van der Waals surface area (Å²) in [6.07, 6.45) is 3.62. The third-order valence-corrected chi connectivity index (χ3v) is 11.4. The van der Waals surface area contributed by atoms with E-state index in [9.17, 15) is 24.3 Å². The number of amides is 3. The number of likely N-dealkylation sites (tertiary alicyclic amines) is 1. The molecule has 0 radical (unpaired) electrons. The van der Waals surface area contributed by atoms with Gasteiger partial charge in [-0.05, 0) is 24.3 Å². The molecule has 0 aromatic heterocycles. The molecule has 2 N–H and O–H groups in total. The molecule has 1 aromatic rings. The van der Waals surface area contributed by atoms with E-state index in [0.29, 0.717) is 39.1 Å². The van der Waals surface area contributed by atoms with Crippen molar-refractivity contribution in [3.05, 3.63) is 61.2 Å². The van der Waals surface area contributed by atoms with Gasteiger partial charge >= 0.3 is 5.97 Å². The van der Waals surface area contributed by atoms with Crippen molar-refractivity contribution in [2.75, 3.05) is 59.2 Å². The molecule has 12 nitrogen and oxygen atoms in total. The number of morpholine rings is 1. The quantitative estimate of drug-likeness (QED) is 0.140. The van der Waals surface area contributed by atoms with Gasteiger partial charge in [-0.25, -0.2) is 0 Å². The van der Waals surface area contributed by atoms with Gasteiger partial charge in [0.25, 0.3) is 0 Å². The van der Waals surface area contributed by atoms with Crippen molar-refractivity contribution in [2.45, 2.75) is 67.8 Å². The van der Waals surface area contributed by atoms with Crippen LogP contribution in [0.3, 0.4) is 0 Å². The molecule has 0 aliphatic carbocycles. The van der Waals surface area contributed by atoms with Crippen LogP contribution in [0, 0.1) is 17.8 Å². The van der Waals surface area contributed by atoms with Gasteiger partial charge in [-0.2, -0.15) is 0 Å². The number of aliphatic hydroxyl groups excluding tert-OH is 1. The van der Waals surface area contributed by atoms with E-state index in [-0.39, 0.29) is 48.7 Å². The molecule has 50 heavy (non-hydrogen) atoms. The molecule has 8 atom stereocenters. The Morgan fingerprint density at radius 1 is 1.18 bits per heavy atom. The molecule has 1 spiro atoms. The number of carbonyl (C=O) groups is 4. The first-order valence-corrected chi connectivity index (χ1v) is 18.6. The molecule has 1 aromatic carbocycles. The average Bonchev–Trinajstić information content (AvgIpc) is 3.71. The van der Waals surface area contributed by atoms with Gasteiger partial charge < -0.3 is 34.4 Å². The Morgan fingerprint density at radius 2 is 1.90 bits per heavy atom. The average molecular weight is 760 g/mol. The number of alkyl halides is 1. The molecule has 4 saturated heterocycles. The van der Waals surface area contributed by atoms with E-state index >= 15 is 0 Å². The van der Waals surface area contributed by atoms with Gasteiger partial charge in [0.15, 0.2) is 0 Å². The highest BCUT2D eigenvalue weighted by atomic mass is 79.9. The van der Waals surface area contributed by atoms with Crippen molar-refractivity contribution in [3.8, 4) is 0 Å². The second-order valence-corrected chi connectivity index (χ2v) is 15.1. The van der Waals surface area contributed by atoms with Crippen LogP contribution in [0.25, 0.3) is 0 Å². The van der Waals surface area contributed by atoms with Crippen molar-refractivity contribution in [1.29, 1.82) is 0 Å². The van der Waals surface area contributed by atoms with Crippen molar-refractivity contribution in [2.24, 2.45) is 17.8 Å². The number of hydrogen-bond donors (Lipinski definition) is 2. The molecule has 4 aliphatic heterocycles. The lowest BCUT2D eigenvalue weighted by molar-refractivity contribution is -0.152. The molecule has 1 unspecified atom stereocenters. The Kier molecular flexibility index (Phi) is 12.9. The first-order valence-electron chi connectivity index (χ1n) is 17.6. The third kappa shape index (κ3) is 7.72. The number of rotatable bonds is 17. The van der Waals surface area contributed by atoms with Crippen molar-refractivity contribution in [3.63, 3.8) is 0 Å². The van der Waals surface area contributed by atoms with Crippen LogP contribution in [0.2, 0.25) is 0 Å². The fourth-order valence-corrected chi connectivity index (χ4v) is 8.92. The van der Waals surface area contributed by atoms with Crippen LogP contribution < -0.4 is 5.32 Å². The summed E-state index contributed by atoms with van der Waals surface area (Å²) in [4.78, 5) is 61.5. The molecular weight excluding hydrogens is 708 g/mol. The molecule has 4 aliphatic rings. The Bertz CT molecular complexity index is 1390. The summed E-state index contributed by atoms with van der Waals surface area (Å²) >= 11 is 3.75. The van der Waals surface area contributed by atoms with Crippen molar-refractivity contribution < 1.29 is 38.5 Å². The second-order valence-electron chi connectivity index (χ2n) is 13.9. The summed E-state index contributed by atoms with van der Waals surface area (Å²) in [7, 11) is 0. The molecule has 13 heteroatoms. The maximum Gasteiger partial charge on any atom is 0.306 e. The van der Waals surface area contributed by atoms with Crippen LogP contribution in [0.4, 0.5) is 0 Å². The number of carbonyl (C=O) groups excluding carboxylic acids is 4. The van der Waals surface area contributed by atoms with Crippen LogP contribution >= 0.6 is 15.9 Å². The van der Waals surface area contributed by atoms with E-state index in [2.05, 4.69) is 39.3 Å². The van der Waals surface area contributed by atoms with Gasteiger partial charge in [0.2, 0.25) is 17.7 Å². The number of fused-ring (bicyclic) bond motifs is 1. The van der Waals surface area contributed by atoms with Gasteiger partial charge in [0.1, 0.15) is 18.2 Å². The Hall–Kier alpha value is -3.10. The van der Waals surface area contributed by atoms with Crippen LogP contribution in [-0.2, 0) is 33.4 Å². The summed E-state index contributed by atoms with van der Waals surface area (Å²) in [5.41, 5.74) is -0.561. The Labute approximate surface area is 303 Å². The van der Waals surface area contributed by atoms with Gasteiger partial charge in [0, 0.05) is 44.0 Å². The largest absolute Gasteiger partial charge is 0.463 e. The number of esters is 1. The molecule has 5 rings (SSSR count). The highest BCUT2D eigenvalue weighted by molar-refractivity contribution is 9.09. The minimum Gasteiger partial charge on any atom is -0.463 e. The standard InChI is InChI=1S/C37H51BrN4O8/c1-5-7-13-29(44)49-23-27(25-11-9-8-10-12-25)39-34(45)30-31-35(46)42(28(22-43)24(3)4)33(37(31)21-26(38)32(30)50-37)36(47)41(14-6-2)16-15-40-17-19-48-20-18-40/h5-6,8-12,24,26-28,30-33,43H,1-2,7,13-23H2,3-4H3,(H,39,45)/t26?,27-,28-,30+,31-,32+,33+,37-/m0/s1. The molecule has 4 heterocycles. The summed E-state index contributed by atoms with van der Waals surface area (Å²) in [5.74, 6) is -3.58. The van der Waals surface area contributed by atoms with Gasteiger partial charge in [-0.15, -0.1) is 13.2 Å². The number of nitrogens with zero attached hydrogens (tertiary/aromatic N) is 3. The number of halogens is 1. The number of hydrogen-bond acceptors (Lipinski definition) is 9. The van der Waals surface area contributed by atoms with E-state index in [4.69, 9.17) is 14.2 Å². The predicted octanol–water partition coefficient (Wildman–Crippen LogP) is 2.47. The lowest BCUT2D eigenvalue weighted by atomic mass is 9.70. The summed E-state index contributed by atoms with van der Waals surface area (Å²) in [6, 6.07) is 6.79. The summed E-state index contributed by atoms with van der Waals surface area (Å²) in [6.45, 7) is 15.0. The topological polar surface area (TPSA) is 138 Å². The van der Waals surface area contributed by atoms with E-state index in [1.165, 1.54) is 4.90 Å². The fraction of sp³-hybridized carbons (Fsp3) is 0.622. The lowest BCUT2D eigenvalue weighted by Crippen LogP contribution is -2.60. The minimum atomic E-state index is -1.30. The van der Waals surface area contributed by atoms with E-state index in [1.54, 1.807) is 17.1 Å². The van der Waals surface area contributed by atoms with Crippen LogP contribution in [0.15, 0.2) is 55.6 Å². The minimum absolute atomic E-state index is 0.0989. The maximum atomic E-state index is 14.8. The number of ether oxygens (including phenoxy) is 3. The molecule has 2 bridgehead atoms. The van der Waals surface area contributed by atoms with E-state index in [1.807, 2.05) is 44.2 Å². The maximum absolute atomic E-state index is 14.8. The summed E-state index contributed by atoms with van der Waals surface area (Å²) in [5, 5.41) is 13.7. The predicted molar refractivity (Wildman–Crippen MR) is 190 cm³/mol. The molecule has 0 saturated carbocycles. The van der Waals surface area contributed by atoms with Crippen molar-refractivity contribution in [1.82, 2.24) is 20.0 Å². The van der Waals surface area contributed by atoms with Gasteiger partial charge in [-0.1, -0.05) is 72.3 Å². The molecule has 274 valence electrons. The SMILES string of the molecule is C=CCCC(=O)OC[C@H](NC(=O)[C@H]1[C@@H]2O[C@@]3(CC2Br)[C@@H]1C(=O)N([C@@H](CO)C(C)C)[C@@H]3C(=O)N(CC=C)CCN1CCOCC1)c1ccccc1. The third-order valence-electron chi connectivity index (χ3n) is 10.5. The monoisotopic (exact) mass is 758 g/mol. The molecule has 3 amide bonds. The van der Waals surface area contributed by atoms with Crippen molar-refractivity contribution >= 4 is 39.6 Å².